The van der Waals surface area contributed by atoms with Crippen molar-refractivity contribution in [3.05, 3.63) is 34.9 Å². The average molecular weight is 182 g/mol. The first kappa shape index (κ1) is 8.67. The summed E-state index contributed by atoms with van der Waals surface area (Å²) in [5, 5.41) is 0. The second kappa shape index (κ2) is 3.09. The molecule has 0 saturated carbocycles. The predicted octanol–water partition coefficient (Wildman–Crippen LogP) is 3.40. The van der Waals surface area contributed by atoms with Gasteiger partial charge in [-0.25, -0.2) is 8.78 Å². The molecule has 0 radical (unpaired) electrons. The monoisotopic (exact) mass is 182 g/mol. The van der Waals surface area contributed by atoms with Crippen LogP contribution in [-0.4, -0.2) is 0 Å². The molecule has 1 aliphatic carbocycles. The zero-order valence-electron chi connectivity index (χ0n) is 7.61. The van der Waals surface area contributed by atoms with E-state index >= 15 is 0 Å². The Morgan fingerprint density at radius 3 is 2.85 bits per heavy atom. The van der Waals surface area contributed by atoms with Crippen molar-refractivity contribution < 1.29 is 8.78 Å². The summed E-state index contributed by atoms with van der Waals surface area (Å²) in [6, 6.07) is 2.45. The summed E-state index contributed by atoms with van der Waals surface area (Å²) in [6.07, 6.45) is 2.86. The molecule has 0 N–H and O–H groups in total. The molecule has 0 heterocycles. The average Bonchev–Trinajstić information content (AvgIpc) is 2.02. The van der Waals surface area contributed by atoms with Crippen LogP contribution in [0.25, 0.3) is 0 Å². The van der Waals surface area contributed by atoms with Gasteiger partial charge < -0.3 is 0 Å². The van der Waals surface area contributed by atoms with Gasteiger partial charge in [0.2, 0.25) is 0 Å². The molecule has 1 atom stereocenters. The largest absolute Gasteiger partial charge is 0.207 e. The van der Waals surface area contributed by atoms with Crippen molar-refractivity contribution in [1.29, 1.82) is 0 Å². The van der Waals surface area contributed by atoms with E-state index in [-0.39, 0.29) is 11.7 Å². The first-order chi connectivity index (χ1) is 6.18. The van der Waals surface area contributed by atoms with Crippen LogP contribution in [-0.2, 0) is 6.42 Å². The van der Waals surface area contributed by atoms with Crippen LogP contribution in [0.15, 0.2) is 12.1 Å². The molecule has 1 aliphatic rings. The maximum atomic E-state index is 13.3. The van der Waals surface area contributed by atoms with Crippen LogP contribution < -0.4 is 0 Å². The highest BCUT2D eigenvalue weighted by Crippen LogP contribution is 2.33. The maximum Gasteiger partial charge on any atom is 0.129 e. The Kier molecular flexibility index (Phi) is 2.06. The number of hydrogen-bond acceptors (Lipinski definition) is 0. The van der Waals surface area contributed by atoms with Gasteiger partial charge in [-0.3, -0.25) is 0 Å². The minimum absolute atomic E-state index is 0.240. The van der Waals surface area contributed by atoms with Gasteiger partial charge in [0.05, 0.1) is 0 Å². The first-order valence-corrected chi connectivity index (χ1v) is 4.66. The van der Waals surface area contributed by atoms with Gasteiger partial charge in [-0.05, 0) is 42.4 Å². The van der Waals surface area contributed by atoms with Crippen LogP contribution in [0.4, 0.5) is 8.78 Å². The van der Waals surface area contributed by atoms with Crippen molar-refractivity contribution in [2.24, 2.45) is 0 Å². The topological polar surface area (TPSA) is 0 Å². The summed E-state index contributed by atoms with van der Waals surface area (Å²) in [5.74, 6) is -0.586. The molecule has 0 bridgehead atoms. The van der Waals surface area contributed by atoms with Gasteiger partial charge in [-0.15, -0.1) is 0 Å². The van der Waals surface area contributed by atoms with Gasteiger partial charge in [0, 0.05) is 6.07 Å². The molecular weight excluding hydrogens is 170 g/mol. The van der Waals surface area contributed by atoms with Crippen molar-refractivity contribution in [3.8, 4) is 0 Å². The summed E-state index contributed by atoms with van der Waals surface area (Å²) in [6.45, 7) is 2.00. The van der Waals surface area contributed by atoms with Gasteiger partial charge in [-0.1, -0.05) is 6.92 Å². The van der Waals surface area contributed by atoms with Crippen LogP contribution in [0.1, 0.15) is 36.8 Å². The molecule has 2 heteroatoms. The summed E-state index contributed by atoms with van der Waals surface area (Å²) < 4.78 is 26.2. The molecule has 1 aromatic carbocycles. The fourth-order valence-electron chi connectivity index (χ4n) is 2.14. The Morgan fingerprint density at radius 2 is 2.08 bits per heavy atom. The molecule has 0 aliphatic heterocycles. The van der Waals surface area contributed by atoms with Gasteiger partial charge in [0.15, 0.2) is 0 Å². The number of fused-ring (bicyclic) bond motifs is 1. The van der Waals surface area contributed by atoms with E-state index in [1.807, 2.05) is 6.92 Å². The van der Waals surface area contributed by atoms with E-state index in [1.54, 1.807) is 0 Å². The molecule has 0 fully saturated rings. The van der Waals surface area contributed by atoms with Gasteiger partial charge in [0.1, 0.15) is 11.6 Å². The number of hydrogen-bond donors (Lipinski definition) is 0. The minimum Gasteiger partial charge on any atom is -0.207 e. The molecule has 2 rings (SSSR count). The molecule has 70 valence electrons. The number of halogens is 2. The lowest BCUT2D eigenvalue weighted by Crippen LogP contribution is -2.10. The number of rotatable bonds is 0. The van der Waals surface area contributed by atoms with Gasteiger partial charge in [0.25, 0.3) is 0 Å². The Balaban J connectivity index is 2.56. The quantitative estimate of drug-likeness (QED) is 0.576. The Hall–Kier alpha value is -0.920. The summed E-state index contributed by atoms with van der Waals surface area (Å²) >= 11 is 0. The van der Waals surface area contributed by atoms with Crippen LogP contribution in [0.2, 0.25) is 0 Å². The summed E-state index contributed by atoms with van der Waals surface area (Å²) in [5.41, 5.74) is 1.59. The number of aryl methyl sites for hydroxylation is 1. The van der Waals surface area contributed by atoms with E-state index in [2.05, 4.69) is 0 Å². The molecule has 0 nitrogen and oxygen atoms in total. The highest BCUT2D eigenvalue weighted by Gasteiger charge is 2.20. The normalized spacial score (nSPS) is 21.3. The van der Waals surface area contributed by atoms with E-state index < -0.39 is 5.82 Å². The molecular formula is C11H12F2. The smallest absolute Gasteiger partial charge is 0.129 e. The lowest BCUT2D eigenvalue weighted by atomic mass is 9.83. The molecule has 0 spiro atoms. The Bertz CT molecular complexity index is 331. The van der Waals surface area contributed by atoms with Crippen LogP contribution in [0.5, 0.6) is 0 Å². The molecule has 13 heavy (non-hydrogen) atoms. The summed E-state index contributed by atoms with van der Waals surface area (Å²) in [7, 11) is 0. The zero-order valence-corrected chi connectivity index (χ0v) is 7.61. The zero-order chi connectivity index (χ0) is 9.42. The van der Waals surface area contributed by atoms with Crippen molar-refractivity contribution in [2.45, 2.75) is 32.1 Å². The van der Waals surface area contributed by atoms with Crippen molar-refractivity contribution in [1.82, 2.24) is 0 Å². The number of benzene rings is 1. The Labute approximate surface area is 76.6 Å². The fourth-order valence-corrected chi connectivity index (χ4v) is 2.14. The van der Waals surface area contributed by atoms with E-state index in [0.717, 1.165) is 36.5 Å². The summed E-state index contributed by atoms with van der Waals surface area (Å²) in [4.78, 5) is 0. The molecule has 1 unspecified atom stereocenters. The van der Waals surface area contributed by atoms with Crippen LogP contribution in [0.3, 0.4) is 0 Å². The van der Waals surface area contributed by atoms with Gasteiger partial charge in [-0.2, -0.15) is 0 Å². The maximum absolute atomic E-state index is 13.3. The van der Waals surface area contributed by atoms with Crippen LogP contribution in [0, 0.1) is 11.6 Å². The molecule has 0 saturated heterocycles. The fraction of sp³-hybridized carbons (Fsp3) is 0.455. The second-order valence-electron chi connectivity index (χ2n) is 3.75. The van der Waals surface area contributed by atoms with Crippen molar-refractivity contribution in [2.75, 3.05) is 0 Å². The van der Waals surface area contributed by atoms with E-state index in [4.69, 9.17) is 0 Å². The standard InChI is InChI=1S/C11H12F2/c1-7-3-2-4-8-5-9(12)6-10(13)11(7)8/h5-7H,2-4H2,1H3. The van der Waals surface area contributed by atoms with E-state index in [0.29, 0.717) is 0 Å². The predicted molar refractivity (Wildman–Crippen MR) is 47.7 cm³/mol. The first-order valence-electron chi connectivity index (χ1n) is 4.66. The Morgan fingerprint density at radius 1 is 1.31 bits per heavy atom. The van der Waals surface area contributed by atoms with Crippen LogP contribution >= 0.6 is 0 Å². The SMILES string of the molecule is CC1CCCc2cc(F)cc(F)c21. The third kappa shape index (κ3) is 1.45. The van der Waals surface area contributed by atoms with Crippen molar-refractivity contribution in [3.63, 3.8) is 0 Å². The highest BCUT2D eigenvalue weighted by atomic mass is 19.1. The van der Waals surface area contributed by atoms with Crippen molar-refractivity contribution >= 4 is 0 Å². The third-order valence-electron chi connectivity index (χ3n) is 2.76. The molecule has 1 aromatic rings. The van der Waals surface area contributed by atoms with E-state index in [9.17, 15) is 8.78 Å². The lowest BCUT2D eigenvalue weighted by molar-refractivity contribution is 0.514. The van der Waals surface area contributed by atoms with E-state index in [1.165, 1.54) is 6.07 Å². The minimum atomic E-state index is -0.453. The third-order valence-corrected chi connectivity index (χ3v) is 2.76. The molecule has 0 amide bonds. The lowest BCUT2D eigenvalue weighted by Gasteiger charge is -2.22. The second-order valence-corrected chi connectivity index (χ2v) is 3.75. The molecule has 0 aromatic heterocycles. The van der Waals surface area contributed by atoms with Gasteiger partial charge >= 0.3 is 0 Å². The highest BCUT2D eigenvalue weighted by molar-refractivity contribution is 5.34.